The lowest BCUT2D eigenvalue weighted by atomic mass is 10.1. The van der Waals surface area contributed by atoms with Crippen LogP contribution >= 0.6 is 11.3 Å². The smallest absolute Gasteiger partial charge is 0.253 e. The predicted molar refractivity (Wildman–Crippen MR) is 121 cm³/mol. The highest BCUT2D eigenvalue weighted by Crippen LogP contribution is 2.29. The minimum absolute atomic E-state index is 0.125. The standard InChI is InChI=1S/C24H24N4OS/c1-18-16-28-21(22(25-24(28)30-18)19-8-4-2-5-9-19)17-26-12-14-27(15-13-26)23(29)20-10-6-3-7-11-20/h2-11,16H,12-15,17H2,1H3. The molecule has 0 spiro atoms. The van der Waals surface area contributed by atoms with Crippen LogP contribution in [0.1, 0.15) is 20.9 Å². The van der Waals surface area contributed by atoms with Crippen molar-refractivity contribution in [3.63, 3.8) is 0 Å². The van der Waals surface area contributed by atoms with E-state index >= 15 is 0 Å². The number of carbonyl (C=O) groups excluding carboxylic acids is 1. The maximum atomic E-state index is 12.7. The quantitative estimate of drug-likeness (QED) is 0.497. The summed E-state index contributed by atoms with van der Waals surface area (Å²) in [7, 11) is 0. The van der Waals surface area contributed by atoms with E-state index in [9.17, 15) is 4.79 Å². The molecule has 0 bridgehead atoms. The molecule has 0 saturated carbocycles. The van der Waals surface area contributed by atoms with Gasteiger partial charge in [0.2, 0.25) is 0 Å². The number of aromatic nitrogens is 2. The summed E-state index contributed by atoms with van der Waals surface area (Å²) in [6.45, 7) is 6.18. The Labute approximate surface area is 180 Å². The van der Waals surface area contributed by atoms with E-state index in [-0.39, 0.29) is 5.91 Å². The largest absolute Gasteiger partial charge is 0.336 e. The van der Waals surface area contributed by atoms with Crippen molar-refractivity contribution < 1.29 is 4.79 Å². The van der Waals surface area contributed by atoms with Gasteiger partial charge < -0.3 is 4.90 Å². The first-order valence-corrected chi connectivity index (χ1v) is 11.1. The van der Waals surface area contributed by atoms with Crippen LogP contribution in [0, 0.1) is 6.92 Å². The number of amides is 1. The van der Waals surface area contributed by atoms with Gasteiger partial charge in [0, 0.05) is 54.9 Å². The van der Waals surface area contributed by atoms with Crippen molar-refractivity contribution in [1.82, 2.24) is 19.2 Å². The number of piperazine rings is 1. The molecule has 2 aromatic carbocycles. The number of aryl methyl sites for hydroxylation is 1. The van der Waals surface area contributed by atoms with Crippen molar-refractivity contribution >= 4 is 22.2 Å². The molecule has 5 nitrogen and oxygen atoms in total. The molecule has 1 aliphatic rings. The lowest BCUT2D eigenvalue weighted by Crippen LogP contribution is -2.48. The minimum Gasteiger partial charge on any atom is -0.336 e. The molecule has 2 aromatic heterocycles. The van der Waals surface area contributed by atoms with Crippen LogP contribution in [-0.2, 0) is 6.54 Å². The molecule has 0 radical (unpaired) electrons. The molecule has 30 heavy (non-hydrogen) atoms. The normalized spacial score (nSPS) is 15.0. The molecular weight excluding hydrogens is 392 g/mol. The van der Waals surface area contributed by atoms with Gasteiger partial charge >= 0.3 is 0 Å². The maximum Gasteiger partial charge on any atom is 0.253 e. The van der Waals surface area contributed by atoms with Gasteiger partial charge in [-0.3, -0.25) is 14.1 Å². The molecule has 0 atom stereocenters. The topological polar surface area (TPSA) is 40.9 Å². The van der Waals surface area contributed by atoms with Crippen LogP contribution in [0.2, 0.25) is 0 Å². The summed E-state index contributed by atoms with van der Waals surface area (Å²) < 4.78 is 2.24. The SMILES string of the molecule is Cc1cn2c(CN3CCN(C(=O)c4ccccc4)CC3)c(-c3ccccc3)nc2s1. The van der Waals surface area contributed by atoms with Crippen LogP contribution in [0.3, 0.4) is 0 Å². The van der Waals surface area contributed by atoms with Gasteiger partial charge in [0.25, 0.3) is 5.91 Å². The fourth-order valence-electron chi connectivity index (χ4n) is 4.06. The molecule has 0 unspecified atom stereocenters. The third-order valence-electron chi connectivity index (χ3n) is 5.64. The second kappa shape index (κ2) is 8.05. The highest BCUT2D eigenvalue weighted by molar-refractivity contribution is 7.17. The Morgan fingerprint density at radius 1 is 0.967 bits per heavy atom. The number of hydrogen-bond acceptors (Lipinski definition) is 4. The van der Waals surface area contributed by atoms with Gasteiger partial charge in [0.15, 0.2) is 4.96 Å². The number of fused-ring (bicyclic) bond motifs is 1. The van der Waals surface area contributed by atoms with Crippen molar-refractivity contribution in [1.29, 1.82) is 0 Å². The molecule has 6 heteroatoms. The highest BCUT2D eigenvalue weighted by Gasteiger charge is 2.24. The van der Waals surface area contributed by atoms with Crippen molar-refractivity contribution in [3.05, 3.63) is 83.0 Å². The monoisotopic (exact) mass is 416 g/mol. The number of hydrogen-bond donors (Lipinski definition) is 0. The molecule has 4 aromatic rings. The number of carbonyl (C=O) groups is 1. The van der Waals surface area contributed by atoms with E-state index in [1.165, 1.54) is 10.6 Å². The molecule has 0 aliphatic carbocycles. The van der Waals surface area contributed by atoms with Gasteiger partial charge in [0.05, 0.1) is 11.4 Å². The third kappa shape index (κ3) is 3.64. The van der Waals surface area contributed by atoms with Crippen molar-refractivity contribution in [2.45, 2.75) is 13.5 Å². The first kappa shape index (κ1) is 19.0. The van der Waals surface area contributed by atoms with Gasteiger partial charge in [-0.1, -0.05) is 48.5 Å². The lowest BCUT2D eigenvalue weighted by molar-refractivity contribution is 0.0627. The number of imidazole rings is 1. The fraction of sp³-hybridized carbons (Fsp3) is 0.250. The van der Waals surface area contributed by atoms with Gasteiger partial charge in [-0.15, -0.1) is 11.3 Å². The van der Waals surface area contributed by atoms with Crippen molar-refractivity contribution in [2.24, 2.45) is 0 Å². The van der Waals surface area contributed by atoms with Crippen LogP contribution in [0.5, 0.6) is 0 Å². The third-order valence-corrected chi connectivity index (χ3v) is 6.54. The second-order valence-corrected chi connectivity index (χ2v) is 8.92. The van der Waals surface area contributed by atoms with E-state index in [1.54, 1.807) is 11.3 Å². The van der Waals surface area contributed by atoms with Gasteiger partial charge in [-0.2, -0.15) is 0 Å². The predicted octanol–water partition coefficient (Wildman–Crippen LogP) is 4.33. The van der Waals surface area contributed by atoms with E-state index in [2.05, 4.69) is 46.7 Å². The minimum atomic E-state index is 0.125. The molecule has 1 fully saturated rings. The Morgan fingerprint density at radius 2 is 1.63 bits per heavy atom. The molecule has 5 rings (SSSR count). The Balaban J connectivity index is 1.35. The Morgan fingerprint density at radius 3 is 2.33 bits per heavy atom. The van der Waals surface area contributed by atoms with Crippen LogP contribution < -0.4 is 0 Å². The number of nitrogens with zero attached hydrogens (tertiary/aromatic N) is 4. The summed E-state index contributed by atoms with van der Waals surface area (Å²) in [6, 6.07) is 20.0. The average molecular weight is 417 g/mol. The Hall–Kier alpha value is -2.96. The zero-order valence-electron chi connectivity index (χ0n) is 17.0. The fourth-order valence-corrected chi connectivity index (χ4v) is 4.91. The maximum absolute atomic E-state index is 12.7. The van der Waals surface area contributed by atoms with Gasteiger partial charge in [0.1, 0.15) is 0 Å². The van der Waals surface area contributed by atoms with E-state index in [4.69, 9.17) is 4.98 Å². The van der Waals surface area contributed by atoms with Gasteiger partial charge in [-0.05, 0) is 19.1 Å². The molecule has 1 saturated heterocycles. The summed E-state index contributed by atoms with van der Waals surface area (Å²) in [4.78, 5) is 24.4. The molecule has 1 aliphatic heterocycles. The Kier molecular flexibility index (Phi) is 5.11. The zero-order chi connectivity index (χ0) is 20.5. The number of benzene rings is 2. The molecular formula is C24H24N4OS. The van der Waals surface area contributed by atoms with Crippen LogP contribution in [0.15, 0.2) is 66.9 Å². The van der Waals surface area contributed by atoms with E-state index in [0.717, 1.165) is 54.5 Å². The first-order valence-electron chi connectivity index (χ1n) is 10.3. The van der Waals surface area contributed by atoms with Crippen LogP contribution in [0.25, 0.3) is 16.2 Å². The summed E-state index contributed by atoms with van der Waals surface area (Å²) in [5.41, 5.74) is 4.20. The summed E-state index contributed by atoms with van der Waals surface area (Å²) in [5.74, 6) is 0.125. The van der Waals surface area contributed by atoms with Crippen LogP contribution in [0.4, 0.5) is 0 Å². The second-order valence-electron chi connectivity index (χ2n) is 7.70. The van der Waals surface area contributed by atoms with Crippen molar-refractivity contribution in [3.8, 4) is 11.3 Å². The summed E-state index contributed by atoms with van der Waals surface area (Å²) in [6.07, 6.45) is 2.18. The van der Waals surface area contributed by atoms with E-state index < -0.39 is 0 Å². The first-order chi connectivity index (χ1) is 14.7. The summed E-state index contributed by atoms with van der Waals surface area (Å²) >= 11 is 1.73. The van der Waals surface area contributed by atoms with E-state index in [1.807, 2.05) is 41.3 Å². The molecule has 3 heterocycles. The van der Waals surface area contributed by atoms with Crippen molar-refractivity contribution in [2.75, 3.05) is 26.2 Å². The number of thiazole rings is 1. The zero-order valence-corrected chi connectivity index (χ0v) is 17.8. The Bertz CT molecular complexity index is 1160. The average Bonchev–Trinajstić information content (AvgIpc) is 3.32. The molecule has 1 amide bonds. The van der Waals surface area contributed by atoms with Gasteiger partial charge in [-0.25, -0.2) is 4.98 Å². The molecule has 0 N–H and O–H groups in total. The molecule has 152 valence electrons. The van der Waals surface area contributed by atoms with E-state index in [0.29, 0.717) is 0 Å². The highest BCUT2D eigenvalue weighted by atomic mass is 32.1. The van der Waals surface area contributed by atoms with Crippen LogP contribution in [-0.4, -0.2) is 51.3 Å². The lowest BCUT2D eigenvalue weighted by Gasteiger charge is -2.34. The summed E-state index contributed by atoms with van der Waals surface area (Å²) in [5, 5.41) is 0. The number of rotatable bonds is 4.